The van der Waals surface area contributed by atoms with Gasteiger partial charge in [0.05, 0.1) is 12.0 Å². The minimum absolute atomic E-state index is 0.0244. The highest BCUT2D eigenvalue weighted by molar-refractivity contribution is 7.16. The second kappa shape index (κ2) is 9.47. The lowest BCUT2D eigenvalue weighted by atomic mass is 9.96. The summed E-state index contributed by atoms with van der Waals surface area (Å²) in [5.74, 6) is 0.0794. The first-order chi connectivity index (χ1) is 15.0. The van der Waals surface area contributed by atoms with Crippen molar-refractivity contribution < 1.29 is 14.0 Å². The maximum absolute atomic E-state index is 12.8. The fraction of sp³-hybridized carbons (Fsp3) is 0.375. The second-order valence-corrected chi connectivity index (χ2v) is 9.11. The Hall–Kier alpha value is -2.93. The van der Waals surface area contributed by atoms with Gasteiger partial charge in [0.25, 0.3) is 5.91 Å². The number of likely N-dealkylation sites (tertiary alicyclic amines) is 1. The van der Waals surface area contributed by atoms with Crippen LogP contribution in [0.5, 0.6) is 0 Å². The SMILES string of the molecule is CCCc1ccc(-c2nc(NC(=O)C3CCN(C(=O)c4ccco4)CC3)sc2C)cc1. The molecule has 1 aliphatic heterocycles. The van der Waals surface area contributed by atoms with Crippen LogP contribution in [0.15, 0.2) is 47.1 Å². The average molecular weight is 438 g/mol. The number of anilines is 1. The second-order valence-electron chi connectivity index (χ2n) is 7.90. The minimum atomic E-state index is -0.123. The molecule has 4 rings (SSSR count). The number of nitrogens with zero attached hydrogens (tertiary/aromatic N) is 2. The molecule has 1 N–H and O–H groups in total. The summed E-state index contributed by atoms with van der Waals surface area (Å²) in [7, 11) is 0. The van der Waals surface area contributed by atoms with Crippen LogP contribution >= 0.6 is 11.3 Å². The standard InChI is InChI=1S/C24H27N3O3S/c1-3-5-17-7-9-18(10-8-17)21-16(2)31-24(25-21)26-22(28)19-11-13-27(14-12-19)23(29)20-6-4-15-30-20/h4,6-10,15,19H,3,5,11-14H2,1-2H3,(H,25,26,28). The van der Waals surface area contributed by atoms with Gasteiger partial charge in [-0.25, -0.2) is 4.98 Å². The largest absolute Gasteiger partial charge is 0.459 e. The number of furan rings is 1. The monoisotopic (exact) mass is 437 g/mol. The number of carbonyl (C=O) groups excluding carboxylic acids is 2. The van der Waals surface area contributed by atoms with Crippen molar-refractivity contribution in [1.29, 1.82) is 0 Å². The van der Waals surface area contributed by atoms with Gasteiger partial charge in [0.15, 0.2) is 10.9 Å². The van der Waals surface area contributed by atoms with E-state index in [9.17, 15) is 9.59 Å². The topological polar surface area (TPSA) is 75.4 Å². The summed E-state index contributed by atoms with van der Waals surface area (Å²) in [6, 6.07) is 11.9. The van der Waals surface area contributed by atoms with Crippen molar-refractivity contribution in [2.24, 2.45) is 5.92 Å². The Bertz CT molecular complexity index is 1030. The Labute approximate surface area is 186 Å². The Morgan fingerprint density at radius 1 is 1.19 bits per heavy atom. The number of benzene rings is 1. The van der Waals surface area contributed by atoms with Gasteiger partial charge in [-0.2, -0.15) is 0 Å². The van der Waals surface area contributed by atoms with Gasteiger partial charge in [0.2, 0.25) is 5.91 Å². The molecule has 1 aromatic carbocycles. The highest BCUT2D eigenvalue weighted by Crippen LogP contribution is 2.31. The maximum atomic E-state index is 12.8. The summed E-state index contributed by atoms with van der Waals surface area (Å²) in [5.41, 5.74) is 3.31. The molecule has 3 aromatic rings. The molecular formula is C24H27N3O3S. The van der Waals surface area contributed by atoms with Crippen LogP contribution in [-0.2, 0) is 11.2 Å². The van der Waals surface area contributed by atoms with E-state index < -0.39 is 0 Å². The Morgan fingerprint density at radius 3 is 2.58 bits per heavy atom. The molecular weight excluding hydrogens is 410 g/mol. The van der Waals surface area contributed by atoms with Crippen molar-refractivity contribution in [2.75, 3.05) is 18.4 Å². The predicted octanol–water partition coefficient (Wildman–Crippen LogP) is 5.15. The first kappa shape index (κ1) is 21.3. The molecule has 2 amide bonds. The number of aryl methyl sites for hydroxylation is 2. The number of piperidine rings is 1. The number of nitrogens with one attached hydrogen (secondary N) is 1. The van der Waals surface area contributed by atoms with Gasteiger partial charge in [-0.1, -0.05) is 37.6 Å². The molecule has 0 radical (unpaired) electrons. The zero-order valence-electron chi connectivity index (χ0n) is 17.9. The van der Waals surface area contributed by atoms with E-state index in [0.29, 0.717) is 36.8 Å². The van der Waals surface area contributed by atoms with Gasteiger partial charge in [-0.3, -0.25) is 9.59 Å². The van der Waals surface area contributed by atoms with Crippen LogP contribution in [0.2, 0.25) is 0 Å². The number of rotatable bonds is 6. The van der Waals surface area contributed by atoms with Crippen molar-refractivity contribution in [3.63, 3.8) is 0 Å². The summed E-state index contributed by atoms with van der Waals surface area (Å²) in [4.78, 5) is 32.7. The van der Waals surface area contributed by atoms with Gasteiger partial charge in [-0.15, -0.1) is 11.3 Å². The van der Waals surface area contributed by atoms with Crippen molar-refractivity contribution in [2.45, 2.75) is 39.5 Å². The highest BCUT2D eigenvalue weighted by Gasteiger charge is 2.29. The summed E-state index contributed by atoms with van der Waals surface area (Å²) in [5, 5.41) is 3.62. The zero-order chi connectivity index (χ0) is 21.8. The zero-order valence-corrected chi connectivity index (χ0v) is 18.7. The third-order valence-electron chi connectivity index (χ3n) is 5.68. The predicted molar refractivity (Wildman–Crippen MR) is 122 cm³/mol. The van der Waals surface area contributed by atoms with E-state index in [1.807, 2.05) is 6.92 Å². The van der Waals surface area contributed by atoms with Crippen LogP contribution in [0.1, 0.15) is 47.2 Å². The number of hydrogen-bond acceptors (Lipinski definition) is 5. The van der Waals surface area contributed by atoms with E-state index in [2.05, 4.69) is 41.5 Å². The molecule has 1 fully saturated rings. The van der Waals surface area contributed by atoms with Crippen molar-refractivity contribution in [1.82, 2.24) is 9.88 Å². The molecule has 0 bridgehead atoms. The molecule has 1 saturated heterocycles. The molecule has 3 heterocycles. The normalized spacial score (nSPS) is 14.6. The lowest BCUT2D eigenvalue weighted by Gasteiger charge is -2.30. The molecule has 31 heavy (non-hydrogen) atoms. The van der Waals surface area contributed by atoms with Gasteiger partial charge in [0.1, 0.15) is 0 Å². The van der Waals surface area contributed by atoms with E-state index in [1.165, 1.54) is 23.2 Å². The molecule has 2 aromatic heterocycles. The minimum Gasteiger partial charge on any atom is -0.459 e. The van der Waals surface area contributed by atoms with E-state index in [-0.39, 0.29) is 17.7 Å². The first-order valence-electron chi connectivity index (χ1n) is 10.8. The quantitative estimate of drug-likeness (QED) is 0.578. The summed E-state index contributed by atoms with van der Waals surface area (Å²) < 4.78 is 5.19. The molecule has 1 aliphatic rings. The van der Waals surface area contributed by atoms with Gasteiger partial charge in [0, 0.05) is 29.4 Å². The van der Waals surface area contributed by atoms with Gasteiger partial charge >= 0.3 is 0 Å². The fourth-order valence-electron chi connectivity index (χ4n) is 3.94. The first-order valence-corrected chi connectivity index (χ1v) is 11.6. The fourth-order valence-corrected chi connectivity index (χ4v) is 4.78. The van der Waals surface area contributed by atoms with Crippen LogP contribution in [0, 0.1) is 12.8 Å². The van der Waals surface area contributed by atoms with Crippen LogP contribution in [0.3, 0.4) is 0 Å². The van der Waals surface area contributed by atoms with Crippen molar-refractivity contribution in [3.05, 3.63) is 58.9 Å². The molecule has 0 aliphatic carbocycles. The maximum Gasteiger partial charge on any atom is 0.289 e. The Kier molecular flexibility index (Phi) is 6.51. The Balaban J connectivity index is 1.35. The number of aromatic nitrogens is 1. The van der Waals surface area contributed by atoms with E-state index in [0.717, 1.165) is 29.0 Å². The average Bonchev–Trinajstić information content (AvgIpc) is 3.44. The number of hydrogen-bond donors (Lipinski definition) is 1. The number of amides is 2. The lowest BCUT2D eigenvalue weighted by Crippen LogP contribution is -2.41. The third kappa shape index (κ3) is 4.88. The summed E-state index contributed by atoms with van der Waals surface area (Å²) in [6.07, 6.45) is 4.96. The molecule has 6 nitrogen and oxygen atoms in total. The molecule has 0 saturated carbocycles. The van der Waals surface area contributed by atoms with Crippen molar-refractivity contribution in [3.8, 4) is 11.3 Å². The van der Waals surface area contributed by atoms with E-state index >= 15 is 0 Å². The van der Waals surface area contributed by atoms with Crippen LogP contribution in [0.25, 0.3) is 11.3 Å². The Morgan fingerprint density at radius 2 is 1.94 bits per heavy atom. The molecule has 0 atom stereocenters. The summed E-state index contributed by atoms with van der Waals surface area (Å²) >= 11 is 1.50. The van der Waals surface area contributed by atoms with Gasteiger partial charge < -0.3 is 14.6 Å². The number of carbonyl (C=O) groups is 2. The van der Waals surface area contributed by atoms with Gasteiger partial charge in [-0.05, 0) is 43.9 Å². The molecule has 0 unspecified atom stereocenters. The van der Waals surface area contributed by atoms with Crippen LogP contribution in [-0.4, -0.2) is 34.8 Å². The highest BCUT2D eigenvalue weighted by atomic mass is 32.1. The van der Waals surface area contributed by atoms with Crippen molar-refractivity contribution >= 4 is 28.3 Å². The van der Waals surface area contributed by atoms with Crippen LogP contribution in [0.4, 0.5) is 5.13 Å². The lowest BCUT2D eigenvalue weighted by molar-refractivity contribution is -0.121. The smallest absolute Gasteiger partial charge is 0.289 e. The molecule has 7 heteroatoms. The van der Waals surface area contributed by atoms with E-state index in [1.54, 1.807) is 17.0 Å². The molecule has 162 valence electrons. The number of thiazole rings is 1. The third-order valence-corrected chi connectivity index (χ3v) is 6.56. The summed E-state index contributed by atoms with van der Waals surface area (Å²) in [6.45, 7) is 5.29. The van der Waals surface area contributed by atoms with Crippen LogP contribution < -0.4 is 5.32 Å². The van der Waals surface area contributed by atoms with E-state index in [4.69, 9.17) is 4.42 Å². The molecule has 0 spiro atoms.